The van der Waals surface area contributed by atoms with E-state index in [1.54, 1.807) is 17.4 Å². The molecule has 1 heterocycles. The molecule has 0 spiro atoms. The predicted molar refractivity (Wildman–Crippen MR) is 73.8 cm³/mol. The van der Waals surface area contributed by atoms with E-state index in [1.165, 1.54) is 10.9 Å². The Kier molecular flexibility index (Phi) is 5.01. The van der Waals surface area contributed by atoms with E-state index in [4.69, 9.17) is 5.84 Å². The molecule has 19 heavy (non-hydrogen) atoms. The van der Waals surface area contributed by atoms with Crippen LogP contribution in [-0.4, -0.2) is 6.04 Å². The van der Waals surface area contributed by atoms with Crippen LogP contribution >= 0.6 is 11.3 Å². The fourth-order valence-corrected chi connectivity index (χ4v) is 2.69. The van der Waals surface area contributed by atoms with Crippen molar-refractivity contribution in [3.63, 3.8) is 0 Å². The van der Waals surface area contributed by atoms with E-state index >= 15 is 0 Å². The zero-order valence-corrected chi connectivity index (χ0v) is 11.2. The fourth-order valence-electron chi connectivity index (χ4n) is 1.97. The number of hydrazine groups is 1. The molecule has 1 aromatic heterocycles. The van der Waals surface area contributed by atoms with Crippen molar-refractivity contribution in [3.05, 3.63) is 57.8 Å². The molecule has 0 aliphatic carbocycles. The topological polar surface area (TPSA) is 38.0 Å². The molecule has 102 valence electrons. The molecule has 3 N–H and O–H groups in total. The maximum atomic E-state index is 13.1. The van der Waals surface area contributed by atoms with Gasteiger partial charge in [-0.1, -0.05) is 12.1 Å². The van der Waals surface area contributed by atoms with Crippen LogP contribution in [0, 0.1) is 11.6 Å². The van der Waals surface area contributed by atoms with Crippen LogP contribution in [0.2, 0.25) is 0 Å². The Morgan fingerprint density at radius 1 is 1.21 bits per heavy atom. The molecule has 0 saturated heterocycles. The Morgan fingerprint density at radius 2 is 2.05 bits per heavy atom. The maximum Gasteiger partial charge on any atom is 0.159 e. The van der Waals surface area contributed by atoms with E-state index in [2.05, 4.69) is 11.5 Å². The van der Waals surface area contributed by atoms with Crippen molar-refractivity contribution in [1.29, 1.82) is 0 Å². The van der Waals surface area contributed by atoms with Gasteiger partial charge in [-0.25, -0.2) is 8.78 Å². The second-order valence-corrected chi connectivity index (χ2v) is 5.47. The lowest BCUT2D eigenvalue weighted by molar-refractivity contribution is 0.484. The summed E-state index contributed by atoms with van der Waals surface area (Å²) in [6, 6.07) is 8.11. The number of rotatable bonds is 6. The highest BCUT2D eigenvalue weighted by Crippen LogP contribution is 2.15. The Morgan fingerprint density at radius 3 is 2.68 bits per heavy atom. The van der Waals surface area contributed by atoms with E-state index in [-0.39, 0.29) is 6.04 Å². The lowest BCUT2D eigenvalue weighted by Gasteiger charge is -2.15. The number of benzene rings is 1. The third-order valence-electron chi connectivity index (χ3n) is 3.02. The summed E-state index contributed by atoms with van der Waals surface area (Å²) in [4.78, 5) is 1.30. The molecule has 2 rings (SSSR count). The third-order valence-corrected chi connectivity index (χ3v) is 3.96. The normalized spacial score (nSPS) is 12.6. The minimum absolute atomic E-state index is 0.0481. The van der Waals surface area contributed by atoms with Crippen molar-refractivity contribution in [3.8, 4) is 0 Å². The van der Waals surface area contributed by atoms with Gasteiger partial charge in [0.2, 0.25) is 0 Å². The molecule has 0 amide bonds. The molecule has 1 atom stereocenters. The average molecular weight is 282 g/mol. The van der Waals surface area contributed by atoms with Crippen molar-refractivity contribution in [2.75, 3.05) is 0 Å². The summed E-state index contributed by atoms with van der Waals surface area (Å²) in [5, 5.41) is 2.04. The maximum absolute atomic E-state index is 13.1. The van der Waals surface area contributed by atoms with Gasteiger partial charge in [0, 0.05) is 10.9 Å². The van der Waals surface area contributed by atoms with E-state index in [1.807, 2.05) is 11.4 Å². The van der Waals surface area contributed by atoms with Crippen LogP contribution in [0.25, 0.3) is 0 Å². The van der Waals surface area contributed by atoms with Gasteiger partial charge in [0.15, 0.2) is 11.6 Å². The van der Waals surface area contributed by atoms with Crippen LogP contribution in [0.15, 0.2) is 35.7 Å². The lowest BCUT2D eigenvalue weighted by atomic mass is 10.0. The first kappa shape index (κ1) is 14.1. The molecular formula is C14H16F2N2S. The first-order chi connectivity index (χ1) is 9.19. The molecule has 1 unspecified atom stereocenters. The number of aryl methyl sites for hydroxylation is 1. The molecule has 0 aliphatic heterocycles. The zero-order chi connectivity index (χ0) is 13.7. The van der Waals surface area contributed by atoms with Crippen molar-refractivity contribution in [1.82, 2.24) is 5.43 Å². The number of nitrogens with two attached hydrogens (primary N) is 1. The minimum atomic E-state index is -0.820. The lowest BCUT2D eigenvalue weighted by Crippen LogP contribution is -2.37. The first-order valence-electron chi connectivity index (χ1n) is 6.11. The Labute approximate surface area is 115 Å². The smallest absolute Gasteiger partial charge is 0.159 e. The monoisotopic (exact) mass is 282 g/mol. The van der Waals surface area contributed by atoms with Crippen LogP contribution < -0.4 is 11.3 Å². The number of halogens is 2. The van der Waals surface area contributed by atoms with Crippen molar-refractivity contribution in [2.24, 2.45) is 5.84 Å². The fraction of sp³-hybridized carbons (Fsp3) is 0.286. The van der Waals surface area contributed by atoms with Crippen LogP contribution in [0.4, 0.5) is 8.78 Å². The van der Waals surface area contributed by atoms with Gasteiger partial charge in [-0.05, 0) is 48.4 Å². The highest BCUT2D eigenvalue weighted by atomic mass is 32.1. The number of hydrogen-bond donors (Lipinski definition) is 2. The first-order valence-corrected chi connectivity index (χ1v) is 6.99. The van der Waals surface area contributed by atoms with Gasteiger partial charge in [0.1, 0.15) is 0 Å². The van der Waals surface area contributed by atoms with Crippen molar-refractivity contribution >= 4 is 11.3 Å². The van der Waals surface area contributed by atoms with E-state index < -0.39 is 11.6 Å². The van der Waals surface area contributed by atoms with E-state index in [9.17, 15) is 8.78 Å². The SMILES string of the molecule is NNC(CCc1cccs1)Cc1ccc(F)c(F)c1. The van der Waals surface area contributed by atoms with Crippen LogP contribution in [0.3, 0.4) is 0 Å². The molecule has 5 heteroatoms. The molecule has 2 aromatic rings. The van der Waals surface area contributed by atoms with Gasteiger partial charge in [-0.3, -0.25) is 11.3 Å². The summed E-state index contributed by atoms with van der Waals surface area (Å²) in [5.41, 5.74) is 3.48. The second kappa shape index (κ2) is 6.75. The number of nitrogens with one attached hydrogen (secondary N) is 1. The average Bonchev–Trinajstić information content (AvgIpc) is 2.92. The predicted octanol–water partition coefficient (Wildman–Crippen LogP) is 3.03. The molecule has 0 aliphatic rings. The summed E-state index contributed by atoms with van der Waals surface area (Å²) in [5.74, 6) is 3.88. The third kappa shape index (κ3) is 4.09. The summed E-state index contributed by atoms with van der Waals surface area (Å²) >= 11 is 1.71. The minimum Gasteiger partial charge on any atom is -0.271 e. The van der Waals surface area contributed by atoms with Crippen LogP contribution in [0.1, 0.15) is 16.9 Å². The highest BCUT2D eigenvalue weighted by molar-refractivity contribution is 7.09. The summed E-state index contributed by atoms with van der Waals surface area (Å²) in [6.07, 6.45) is 2.37. The summed E-state index contributed by atoms with van der Waals surface area (Å²) in [7, 11) is 0. The quantitative estimate of drug-likeness (QED) is 0.631. The van der Waals surface area contributed by atoms with Gasteiger partial charge >= 0.3 is 0 Å². The van der Waals surface area contributed by atoms with E-state index in [0.717, 1.165) is 24.5 Å². The summed E-state index contributed by atoms with van der Waals surface area (Å²) in [6.45, 7) is 0. The largest absolute Gasteiger partial charge is 0.271 e. The van der Waals surface area contributed by atoms with Gasteiger partial charge < -0.3 is 0 Å². The van der Waals surface area contributed by atoms with E-state index in [0.29, 0.717) is 6.42 Å². The van der Waals surface area contributed by atoms with Gasteiger partial charge in [0.25, 0.3) is 0 Å². The highest BCUT2D eigenvalue weighted by Gasteiger charge is 2.10. The Balaban J connectivity index is 1.92. The zero-order valence-electron chi connectivity index (χ0n) is 10.4. The Bertz CT molecular complexity index is 514. The Hall–Kier alpha value is -1.30. The summed E-state index contributed by atoms with van der Waals surface area (Å²) < 4.78 is 26.0. The van der Waals surface area contributed by atoms with Gasteiger partial charge in [-0.15, -0.1) is 11.3 Å². The molecule has 0 fully saturated rings. The number of hydrogen-bond acceptors (Lipinski definition) is 3. The molecular weight excluding hydrogens is 266 g/mol. The van der Waals surface area contributed by atoms with Crippen LogP contribution in [0.5, 0.6) is 0 Å². The standard InChI is InChI=1S/C14H16F2N2S/c15-13-6-3-10(9-14(13)16)8-11(18-17)4-5-12-2-1-7-19-12/h1-3,6-7,9,11,18H,4-5,8,17H2. The molecule has 0 bridgehead atoms. The van der Waals surface area contributed by atoms with Gasteiger partial charge in [-0.2, -0.15) is 0 Å². The van der Waals surface area contributed by atoms with Gasteiger partial charge in [0.05, 0.1) is 0 Å². The van der Waals surface area contributed by atoms with Crippen molar-refractivity contribution < 1.29 is 8.78 Å². The van der Waals surface area contributed by atoms with Crippen molar-refractivity contribution in [2.45, 2.75) is 25.3 Å². The number of thiophene rings is 1. The second-order valence-electron chi connectivity index (χ2n) is 4.43. The molecule has 0 radical (unpaired) electrons. The molecule has 2 nitrogen and oxygen atoms in total. The molecule has 0 saturated carbocycles. The van der Waals surface area contributed by atoms with Crippen LogP contribution in [-0.2, 0) is 12.8 Å². The molecule has 1 aromatic carbocycles.